The van der Waals surface area contributed by atoms with Gasteiger partial charge in [-0.25, -0.2) is 8.42 Å². The van der Waals surface area contributed by atoms with E-state index in [1.54, 1.807) is 0 Å². The van der Waals surface area contributed by atoms with Crippen LogP contribution in [-0.2, 0) is 19.4 Å². The van der Waals surface area contributed by atoms with Crippen molar-refractivity contribution >= 4 is 21.5 Å². The molecule has 0 aliphatic heterocycles. The Kier molecular flexibility index (Phi) is 4.99. The van der Waals surface area contributed by atoms with Crippen LogP contribution in [0.5, 0.6) is 0 Å². The normalized spacial score (nSPS) is 11.0. The van der Waals surface area contributed by atoms with Crippen LogP contribution in [0.1, 0.15) is 12.8 Å². The molecule has 0 aromatic heterocycles. The number of nitro groups is 1. The summed E-state index contributed by atoms with van der Waals surface area (Å²) in [5, 5.41) is 10.8. The topological polar surface area (TPSA) is 104 Å². The summed E-state index contributed by atoms with van der Waals surface area (Å²) < 4.78 is 28.3. The molecule has 0 aliphatic carbocycles. The molecule has 0 saturated carbocycles. The van der Waals surface area contributed by atoms with Crippen LogP contribution in [0.3, 0.4) is 0 Å². The van der Waals surface area contributed by atoms with Gasteiger partial charge in [0.05, 0.1) is 17.8 Å². The zero-order chi connectivity index (χ0) is 14.5. The molecule has 0 heterocycles. The van der Waals surface area contributed by atoms with E-state index in [0.717, 1.165) is 6.07 Å². The monoisotopic (exact) mass is 287 g/mol. The predicted octanol–water partition coefficient (Wildman–Crippen LogP) is 1.32. The largest absolute Gasteiger partial charge is 0.469 e. The van der Waals surface area contributed by atoms with Crippen LogP contribution >= 0.6 is 0 Å². The van der Waals surface area contributed by atoms with Crippen LogP contribution < -0.4 is 0 Å². The van der Waals surface area contributed by atoms with Gasteiger partial charge in [-0.2, -0.15) is 0 Å². The molecule has 0 N–H and O–H groups in total. The second-order valence-electron chi connectivity index (χ2n) is 3.72. The van der Waals surface area contributed by atoms with Gasteiger partial charge in [-0.15, -0.1) is 0 Å². The number of sulfone groups is 1. The smallest absolute Gasteiger partial charge is 0.305 e. The number of hydrogen-bond donors (Lipinski definition) is 0. The van der Waals surface area contributed by atoms with Gasteiger partial charge in [-0.05, 0) is 12.5 Å². The average Bonchev–Trinajstić information content (AvgIpc) is 2.38. The molecule has 0 saturated heterocycles. The van der Waals surface area contributed by atoms with E-state index >= 15 is 0 Å². The summed E-state index contributed by atoms with van der Waals surface area (Å²) in [6.07, 6.45) is 0.0113. The third-order valence-corrected chi connectivity index (χ3v) is 4.26. The maximum Gasteiger partial charge on any atom is 0.305 e. The Morgan fingerprint density at radius 2 is 2.00 bits per heavy atom. The first-order valence-corrected chi connectivity index (χ1v) is 7.06. The van der Waals surface area contributed by atoms with Crippen molar-refractivity contribution in [1.29, 1.82) is 0 Å². The number of carbonyl (C=O) groups excluding carboxylic acids is 1. The summed E-state index contributed by atoms with van der Waals surface area (Å²) in [4.78, 5) is 20.6. The Morgan fingerprint density at radius 3 is 2.58 bits per heavy atom. The van der Waals surface area contributed by atoms with E-state index in [1.807, 2.05) is 0 Å². The Bertz CT molecular complexity index is 581. The number of benzene rings is 1. The lowest BCUT2D eigenvalue weighted by molar-refractivity contribution is -0.387. The highest BCUT2D eigenvalue weighted by atomic mass is 32.2. The van der Waals surface area contributed by atoms with Crippen molar-refractivity contribution in [3.63, 3.8) is 0 Å². The molecule has 1 aromatic rings. The first-order valence-electron chi connectivity index (χ1n) is 5.41. The molecule has 8 heteroatoms. The molecule has 0 fully saturated rings. The SMILES string of the molecule is COC(=O)CCCS(=O)(=O)c1ccccc1[N+](=O)[O-]. The van der Waals surface area contributed by atoms with Crippen molar-refractivity contribution in [3.8, 4) is 0 Å². The molecule has 0 radical (unpaired) electrons. The minimum Gasteiger partial charge on any atom is -0.469 e. The van der Waals surface area contributed by atoms with Crippen molar-refractivity contribution < 1.29 is 22.9 Å². The molecule has 104 valence electrons. The van der Waals surface area contributed by atoms with Crippen molar-refractivity contribution in [2.24, 2.45) is 0 Å². The minimum absolute atomic E-state index is 0.0453. The number of nitro benzene ring substituents is 1. The van der Waals surface area contributed by atoms with Crippen LogP contribution in [0.2, 0.25) is 0 Å². The van der Waals surface area contributed by atoms with Gasteiger partial charge in [0.15, 0.2) is 9.84 Å². The Hall–Kier alpha value is -1.96. The molecule has 1 aromatic carbocycles. The van der Waals surface area contributed by atoms with Gasteiger partial charge in [0, 0.05) is 12.5 Å². The molecule has 0 spiro atoms. The van der Waals surface area contributed by atoms with E-state index in [0.29, 0.717) is 0 Å². The lowest BCUT2D eigenvalue weighted by Crippen LogP contribution is -2.11. The van der Waals surface area contributed by atoms with E-state index in [4.69, 9.17) is 0 Å². The lowest BCUT2D eigenvalue weighted by Gasteiger charge is -2.04. The molecule has 0 bridgehead atoms. The fraction of sp³-hybridized carbons (Fsp3) is 0.364. The summed E-state index contributed by atoms with van der Waals surface area (Å²) in [7, 11) is -2.58. The van der Waals surface area contributed by atoms with E-state index in [2.05, 4.69) is 4.74 Å². The maximum atomic E-state index is 12.0. The van der Waals surface area contributed by atoms with Crippen LogP contribution in [0, 0.1) is 10.1 Å². The van der Waals surface area contributed by atoms with Crippen molar-refractivity contribution in [3.05, 3.63) is 34.4 Å². The van der Waals surface area contributed by atoms with E-state index in [-0.39, 0.29) is 23.5 Å². The highest BCUT2D eigenvalue weighted by Gasteiger charge is 2.24. The van der Waals surface area contributed by atoms with E-state index in [1.165, 1.54) is 25.3 Å². The molecular formula is C11H13NO6S. The number of methoxy groups -OCH3 is 1. The number of para-hydroxylation sites is 1. The predicted molar refractivity (Wildman–Crippen MR) is 66.4 cm³/mol. The lowest BCUT2D eigenvalue weighted by atomic mass is 10.3. The maximum absolute atomic E-state index is 12.0. The zero-order valence-corrected chi connectivity index (χ0v) is 11.1. The van der Waals surface area contributed by atoms with Crippen molar-refractivity contribution in [2.45, 2.75) is 17.7 Å². The van der Waals surface area contributed by atoms with Gasteiger partial charge in [0.25, 0.3) is 5.69 Å². The quantitative estimate of drug-likeness (QED) is 0.444. The molecule has 7 nitrogen and oxygen atoms in total. The number of hydrogen-bond acceptors (Lipinski definition) is 6. The third-order valence-electron chi connectivity index (χ3n) is 2.42. The molecule has 0 amide bonds. The molecule has 0 unspecified atom stereocenters. The Balaban J connectivity index is 2.89. The summed E-state index contributed by atoms with van der Waals surface area (Å²) in [5.41, 5.74) is -0.458. The molecule has 19 heavy (non-hydrogen) atoms. The molecule has 1 rings (SSSR count). The first kappa shape index (κ1) is 15.1. The van der Waals surface area contributed by atoms with E-state index in [9.17, 15) is 23.3 Å². The Morgan fingerprint density at radius 1 is 1.37 bits per heavy atom. The second kappa shape index (κ2) is 6.28. The highest BCUT2D eigenvalue weighted by Crippen LogP contribution is 2.24. The number of rotatable bonds is 6. The van der Waals surface area contributed by atoms with Gasteiger partial charge in [0.1, 0.15) is 4.90 Å². The second-order valence-corrected chi connectivity index (χ2v) is 5.80. The molecular weight excluding hydrogens is 274 g/mol. The summed E-state index contributed by atoms with van der Waals surface area (Å²) >= 11 is 0. The van der Waals surface area contributed by atoms with Crippen LogP contribution in [0.15, 0.2) is 29.2 Å². The van der Waals surface area contributed by atoms with E-state index < -0.39 is 26.4 Å². The summed E-state index contributed by atoms with van der Waals surface area (Å²) in [6.45, 7) is 0. The van der Waals surface area contributed by atoms with Crippen LogP contribution in [0.4, 0.5) is 5.69 Å². The Labute approximate surface area is 110 Å². The molecule has 0 aliphatic rings. The third kappa shape index (κ3) is 4.02. The van der Waals surface area contributed by atoms with Gasteiger partial charge in [-0.1, -0.05) is 12.1 Å². The molecule has 0 atom stereocenters. The van der Waals surface area contributed by atoms with Gasteiger partial charge >= 0.3 is 5.97 Å². The fourth-order valence-electron chi connectivity index (χ4n) is 1.49. The van der Waals surface area contributed by atoms with Gasteiger partial charge < -0.3 is 4.74 Å². The average molecular weight is 287 g/mol. The van der Waals surface area contributed by atoms with Crippen LogP contribution in [-0.4, -0.2) is 32.2 Å². The zero-order valence-electron chi connectivity index (χ0n) is 10.2. The van der Waals surface area contributed by atoms with Gasteiger partial charge in [-0.3, -0.25) is 14.9 Å². The minimum atomic E-state index is -3.79. The highest BCUT2D eigenvalue weighted by molar-refractivity contribution is 7.91. The standard InChI is InChI=1S/C11H13NO6S/c1-18-11(13)7-4-8-19(16,17)10-6-3-2-5-9(10)12(14)15/h2-3,5-6H,4,7-8H2,1H3. The van der Waals surface area contributed by atoms with Gasteiger partial charge in [0.2, 0.25) is 0 Å². The summed E-state index contributed by atoms with van der Waals surface area (Å²) in [5.74, 6) is -0.856. The number of carbonyl (C=O) groups is 1. The van der Waals surface area contributed by atoms with Crippen LogP contribution in [0.25, 0.3) is 0 Å². The number of nitrogens with zero attached hydrogens (tertiary/aromatic N) is 1. The van der Waals surface area contributed by atoms with Crippen molar-refractivity contribution in [2.75, 3.05) is 12.9 Å². The number of esters is 1. The first-order chi connectivity index (χ1) is 8.88. The van der Waals surface area contributed by atoms with Crippen molar-refractivity contribution in [1.82, 2.24) is 0 Å². The fourth-order valence-corrected chi connectivity index (χ4v) is 2.98. The summed E-state index contributed by atoms with van der Waals surface area (Å²) in [6, 6.07) is 5.13. The number of ether oxygens (including phenoxy) is 1.